The van der Waals surface area contributed by atoms with Crippen LogP contribution in [-0.4, -0.2) is 52.5 Å². The number of hydrogen-bond donors (Lipinski definition) is 1. The van der Waals surface area contributed by atoms with Gasteiger partial charge in [-0.25, -0.2) is 0 Å². The van der Waals surface area contributed by atoms with Crippen molar-refractivity contribution in [2.75, 3.05) is 30.4 Å². The van der Waals surface area contributed by atoms with E-state index < -0.39 is 0 Å². The highest BCUT2D eigenvalue weighted by Gasteiger charge is 2.28. The van der Waals surface area contributed by atoms with E-state index in [1.807, 2.05) is 61.5 Å². The summed E-state index contributed by atoms with van der Waals surface area (Å²) in [4.78, 5) is 41.6. The van der Waals surface area contributed by atoms with Gasteiger partial charge in [-0.05, 0) is 37.6 Å². The Kier molecular flexibility index (Phi) is 6.02. The van der Waals surface area contributed by atoms with E-state index in [4.69, 9.17) is 0 Å². The number of nitrogens with one attached hydrogen (secondary N) is 1. The van der Waals surface area contributed by atoms with Crippen molar-refractivity contribution in [3.63, 3.8) is 0 Å². The van der Waals surface area contributed by atoms with E-state index in [0.29, 0.717) is 30.9 Å². The fourth-order valence-corrected chi connectivity index (χ4v) is 3.59. The first-order valence-electron chi connectivity index (χ1n) is 10.5. The fourth-order valence-electron chi connectivity index (χ4n) is 3.59. The van der Waals surface area contributed by atoms with Gasteiger partial charge >= 0.3 is 0 Å². The van der Waals surface area contributed by atoms with E-state index in [2.05, 4.69) is 10.4 Å². The molecule has 0 spiro atoms. The first kappa shape index (κ1) is 21.3. The van der Waals surface area contributed by atoms with Gasteiger partial charge < -0.3 is 15.1 Å². The van der Waals surface area contributed by atoms with Crippen LogP contribution in [0.1, 0.15) is 33.0 Å². The third kappa shape index (κ3) is 4.54. The molecule has 0 saturated carbocycles. The van der Waals surface area contributed by atoms with Crippen molar-refractivity contribution < 1.29 is 14.4 Å². The molecule has 0 unspecified atom stereocenters. The first-order chi connectivity index (χ1) is 15.4. The average Bonchev–Trinajstić information content (AvgIpc) is 3.18. The number of likely N-dealkylation sites (N-methyl/N-ethyl adjacent to an activating group) is 1. The zero-order chi connectivity index (χ0) is 22.7. The summed E-state index contributed by atoms with van der Waals surface area (Å²) in [5, 5.41) is 7.13. The summed E-state index contributed by atoms with van der Waals surface area (Å²) in [5.41, 5.74) is 3.00. The Morgan fingerprint density at radius 3 is 2.50 bits per heavy atom. The molecule has 0 aliphatic carbocycles. The highest BCUT2D eigenvalue weighted by Crippen LogP contribution is 2.17. The predicted molar refractivity (Wildman–Crippen MR) is 122 cm³/mol. The predicted octanol–water partition coefficient (Wildman–Crippen LogP) is 2.95. The van der Waals surface area contributed by atoms with E-state index >= 15 is 0 Å². The van der Waals surface area contributed by atoms with Crippen LogP contribution < -0.4 is 10.2 Å². The lowest BCUT2D eigenvalue weighted by molar-refractivity contribution is -0.119. The Morgan fingerprint density at radius 1 is 1.06 bits per heavy atom. The standard InChI is InChI=1S/C24H25N5O3/c1-17-9-11-18(12-10-17)25-23(31)20-15-21-24(32)28(13-6-14-29(21)26-20)16-22(30)27(2)19-7-4-3-5-8-19/h3-5,7-12,15H,6,13-14,16H2,1-2H3,(H,25,31). The number of para-hydroxylation sites is 1. The number of anilines is 2. The van der Waals surface area contributed by atoms with Crippen LogP contribution in [-0.2, 0) is 11.3 Å². The van der Waals surface area contributed by atoms with Gasteiger partial charge in [-0.15, -0.1) is 0 Å². The Morgan fingerprint density at radius 2 is 1.78 bits per heavy atom. The summed E-state index contributed by atoms with van der Waals surface area (Å²) >= 11 is 0. The third-order valence-corrected chi connectivity index (χ3v) is 5.47. The number of amides is 3. The Bertz CT molecular complexity index is 1140. The zero-order valence-corrected chi connectivity index (χ0v) is 18.1. The Hall–Kier alpha value is -3.94. The van der Waals surface area contributed by atoms with Crippen LogP contribution in [0.15, 0.2) is 60.7 Å². The molecule has 3 aromatic rings. The molecule has 0 radical (unpaired) electrons. The molecule has 0 bridgehead atoms. The molecule has 164 valence electrons. The number of benzene rings is 2. The molecule has 2 heterocycles. The second-order valence-electron chi connectivity index (χ2n) is 7.83. The summed E-state index contributed by atoms with van der Waals surface area (Å²) in [7, 11) is 1.69. The monoisotopic (exact) mass is 431 g/mol. The molecular weight excluding hydrogens is 406 g/mol. The van der Waals surface area contributed by atoms with Crippen molar-refractivity contribution in [3.05, 3.63) is 77.6 Å². The van der Waals surface area contributed by atoms with E-state index in [0.717, 1.165) is 11.3 Å². The normalized spacial score (nSPS) is 13.3. The average molecular weight is 431 g/mol. The Labute approximate surface area is 186 Å². The van der Waals surface area contributed by atoms with E-state index in [-0.39, 0.29) is 30.0 Å². The lowest BCUT2D eigenvalue weighted by Gasteiger charge is -2.23. The molecule has 1 aliphatic rings. The van der Waals surface area contributed by atoms with Crippen LogP contribution in [0.5, 0.6) is 0 Å². The van der Waals surface area contributed by atoms with Crippen LogP contribution in [0, 0.1) is 6.92 Å². The maximum absolute atomic E-state index is 13.1. The molecule has 0 saturated heterocycles. The van der Waals surface area contributed by atoms with Crippen LogP contribution in [0.2, 0.25) is 0 Å². The van der Waals surface area contributed by atoms with Crippen molar-refractivity contribution >= 4 is 29.1 Å². The lowest BCUT2D eigenvalue weighted by atomic mass is 10.2. The molecule has 2 aromatic carbocycles. The molecule has 0 atom stereocenters. The SMILES string of the molecule is Cc1ccc(NC(=O)c2cc3n(n2)CCCN(CC(=O)N(C)c2ccccc2)C3=O)cc1. The molecule has 3 amide bonds. The van der Waals surface area contributed by atoms with Crippen LogP contribution >= 0.6 is 0 Å². The number of rotatable bonds is 5. The lowest BCUT2D eigenvalue weighted by Crippen LogP contribution is -2.41. The summed E-state index contributed by atoms with van der Waals surface area (Å²) in [6.07, 6.45) is 0.641. The van der Waals surface area contributed by atoms with Crippen molar-refractivity contribution in [1.29, 1.82) is 0 Å². The van der Waals surface area contributed by atoms with Crippen LogP contribution in [0.4, 0.5) is 11.4 Å². The molecule has 32 heavy (non-hydrogen) atoms. The van der Waals surface area contributed by atoms with Gasteiger partial charge in [0.05, 0.1) is 0 Å². The molecule has 4 rings (SSSR count). The van der Waals surface area contributed by atoms with Crippen LogP contribution in [0.3, 0.4) is 0 Å². The van der Waals surface area contributed by atoms with Gasteiger partial charge in [0, 0.05) is 37.6 Å². The number of carbonyl (C=O) groups is 3. The zero-order valence-electron chi connectivity index (χ0n) is 18.1. The van der Waals surface area contributed by atoms with Gasteiger partial charge in [0.1, 0.15) is 12.2 Å². The summed E-state index contributed by atoms with van der Waals surface area (Å²) in [6.45, 7) is 2.87. The summed E-state index contributed by atoms with van der Waals surface area (Å²) in [5.74, 6) is -0.872. The first-order valence-corrected chi connectivity index (χ1v) is 10.5. The smallest absolute Gasteiger partial charge is 0.276 e. The van der Waals surface area contributed by atoms with E-state index in [9.17, 15) is 14.4 Å². The van der Waals surface area contributed by atoms with Gasteiger partial charge in [-0.2, -0.15) is 5.10 Å². The van der Waals surface area contributed by atoms with Crippen LogP contribution in [0.25, 0.3) is 0 Å². The molecule has 1 aliphatic heterocycles. The minimum Gasteiger partial charge on any atom is -0.328 e. The molecule has 8 nitrogen and oxygen atoms in total. The third-order valence-electron chi connectivity index (χ3n) is 5.47. The fraction of sp³-hybridized carbons (Fsp3) is 0.250. The van der Waals surface area contributed by atoms with Gasteiger partial charge in [-0.3, -0.25) is 19.1 Å². The minimum atomic E-state index is -0.381. The molecule has 8 heteroatoms. The molecule has 1 aromatic heterocycles. The Balaban J connectivity index is 1.47. The minimum absolute atomic E-state index is 0.0414. The number of fused-ring (bicyclic) bond motifs is 1. The number of hydrogen-bond acceptors (Lipinski definition) is 4. The van der Waals surface area contributed by atoms with Crippen molar-refractivity contribution in [3.8, 4) is 0 Å². The number of aryl methyl sites for hydroxylation is 2. The van der Waals surface area contributed by atoms with E-state index in [1.54, 1.807) is 11.7 Å². The van der Waals surface area contributed by atoms with Crippen molar-refractivity contribution in [2.45, 2.75) is 19.9 Å². The number of carbonyl (C=O) groups excluding carboxylic acids is 3. The van der Waals surface area contributed by atoms with E-state index in [1.165, 1.54) is 15.9 Å². The molecule has 0 fully saturated rings. The topological polar surface area (TPSA) is 87.5 Å². The maximum Gasteiger partial charge on any atom is 0.276 e. The van der Waals surface area contributed by atoms with Gasteiger partial charge in [0.25, 0.3) is 11.8 Å². The van der Waals surface area contributed by atoms with Gasteiger partial charge in [-0.1, -0.05) is 35.9 Å². The summed E-state index contributed by atoms with van der Waals surface area (Å²) in [6, 6.07) is 18.2. The second-order valence-corrected chi connectivity index (χ2v) is 7.83. The van der Waals surface area contributed by atoms with Gasteiger partial charge in [0.2, 0.25) is 5.91 Å². The quantitative estimate of drug-likeness (QED) is 0.673. The van der Waals surface area contributed by atoms with Crippen molar-refractivity contribution in [1.82, 2.24) is 14.7 Å². The highest BCUT2D eigenvalue weighted by molar-refractivity contribution is 6.05. The van der Waals surface area contributed by atoms with Crippen molar-refractivity contribution in [2.24, 2.45) is 0 Å². The van der Waals surface area contributed by atoms with Gasteiger partial charge in [0.15, 0.2) is 5.69 Å². The highest BCUT2D eigenvalue weighted by atomic mass is 16.2. The largest absolute Gasteiger partial charge is 0.328 e. The number of aromatic nitrogens is 2. The number of nitrogens with zero attached hydrogens (tertiary/aromatic N) is 4. The second kappa shape index (κ2) is 9.05. The molecule has 1 N–H and O–H groups in total. The maximum atomic E-state index is 13.1. The summed E-state index contributed by atoms with van der Waals surface area (Å²) < 4.78 is 1.55. The molecular formula is C24H25N5O3.